The van der Waals surface area contributed by atoms with Crippen molar-refractivity contribution in [3.8, 4) is 5.75 Å². The van der Waals surface area contributed by atoms with Crippen LogP contribution in [-0.4, -0.2) is 72.6 Å². The van der Waals surface area contributed by atoms with Gasteiger partial charge in [-0.2, -0.15) is 13.4 Å². The van der Waals surface area contributed by atoms with E-state index in [1.54, 1.807) is 7.11 Å². The summed E-state index contributed by atoms with van der Waals surface area (Å²) in [7, 11) is -2.51. The fraction of sp³-hybridized carbons (Fsp3) is 0.581. The van der Waals surface area contributed by atoms with Gasteiger partial charge in [-0.15, -0.1) is 0 Å². The highest BCUT2D eigenvalue weighted by Gasteiger charge is 2.26. The number of aromatic nitrogens is 3. The number of anilines is 2. The molecule has 3 rings (SSSR count). The second kappa shape index (κ2) is 15.0. The lowest BCUT2D eigenvalue weighted by Gasteiger charge is -2.30. The molecule has 13 heteroatoms. The van der Waals surface area contributed by atoms with Gasteiger partial charge >= 0.3 is 0 Å². The van der Waals surface area contributed by atoms with E-state index in [-0.39, 0.29) is 23.2 Å². The van der Waals surface area contributed by atoms with Gasteiger partial charge in [0.05, 0.1) is 38.1 Å². The molecule has 244 valence electrons. The summed E-state index contributed by atoms with van der Waals surface area (Å²) in [5, 5.41) is 6.15. The molecule has 0 spiro atoms. The Labute approximate surface area is 260 Å². The molecule has 3 aromatic rings. The standard InChI is InChI=1S/C31H48N6O6S/c1-7-8-9-14-33-28-27-24(35-29(32)36-28)12-15-37(27)18-22-10-11-23(17-25(22)42-6)31(4,5)21-43-20-30(2,3)19-34-26(38)13-16-44(39,40)41/h10-12,15,17H,7-9,13-14,16,18-21H2,1-6H3,(H,34,38)(H,39,40,41)(H3,32,33,35,36). The minimum atomic E-state index is -4.18. The van der Waals surface area contributed by atoms with Gasteiger partial charge in [-0.3, -0.25) is 9.35 Å². The molecule has 0 fully saturated rings. The monoisotopic (exact) mass is 632 g/mol. The molecule has 0 atom stereocenters. The fourth-order valence-electron chi connectivity index (χ4n) is 4.81. The molecule has 0 saturated carbocycles. The van der Waals surface area contributed by atoms with Crippen LogP contribution in [0.15, 0.2) is 30.5 Å². The maximum Gasteiger partial charge on any atom is 0.265 e. The second-order valence-electron chi connectivity index (χ2n) is 12.6. The van der Waals surface area contributed by atoms with Gasteiger partial charge < -0.3 is 30.4 Å². The van der Waals surface area contributed by atoms with Crippen molar-refractivity contribution in [1.29, 1.82) is 0 Å². The Bertz CT molecular complexity index is 1520. The Balaban J connectivity index is 1.66. The van der Waals surface area contributed by atoms with Crippen molar-refractivity contribution < 1.29 is 27.2 Å². The van der Waals surface area contributed by atoms with Crippen LogP contribution in [-0.2, 0) is 31.6 Å². The number of amides is 1. The van der Waals surface area contributed by atoms with Crippen molar-refractivity contribution in [2.75, 3.05) is 50.2 Å². The number of nitrogen functional groups attached to an aromatic ring is 1. The van der Waals surface area contributed by atoms with E-state index in [4.69, 9.17) is 19.8 Å². The van der Waals surface area contributed by atoms with Crippen molar-refractivity contribution in [2.24, 2.45) is 5.41 Å². The SMILES string of the molecule is CCCCCNc1nc(N)nc2ccn(Cc3ccc(C(C)(C)COCC(C)(C)CNC(=O)CCS(=O)(=O)O)cc3OC)c12. The molecule has 44 heavy (non-hydrogen) atoms. The normalized spacial score (nSPS) is 12.4. The van der Waals surface area contributed by atoms with Crippen LogP contribution in [0.1, 0.15) is 71.4 Å². The van der Waals surface area contributed by atoms with E-state index in [0.29, 0.717) is 26.3 Å². The van der Waals surface area contributed by atoms with E-state index >= 15 is 0 Å². The average molecular weight is 633 g/mol. The third-order valence-electron chi connectivity index (χ3n) is 7.42. The lowest BCUT2D eigenvalue weighted by Crippen LogP contribution is -2.38. The number of ether oxygens (including phenoxy) is 2. The van der Waals surface area contributed by atoms with Gasteiger partial charge in [-0.1, -0.05) is 59.6 Å². The predicted octanol–water partition coefficient (Wildman–Crippen LogP) is 4.39. The fourth-order valence-corrected chi connectivity index (χ4v) is 5.25. The first-order valence-corrected chi connectivity index (χ1v) is 16.6. The molecule has 0 aliphatic heterocycles. The smallest absolute Gasteiger partial charge is 0.265 e. The van der Waals surface area contributed by atoms with Crippen LogP contribution in [0.4, 0.5) is 11.8 Å². The van der Waals surface area contributed by atoms with Crippen LogP contribution in [0.5, 0.6) is 5.75 Å². The lowest BCUT2D eigenvalue weighted by atomic mass is 9.84. The minimum absolute atomic E-state index is 0.239. The first kappa shape index (κ1) is 35.1. The molecule has 5 N–H and O–H groups in total. The number of nitrogens with zero attached hydrogens (tertiary/aromatic N) is 3. The molecule has 0 aliphatic rings. The van der Waals surface area contributed by atoms with Gasteiger partial charge in [0.25, 0.3) is 10.1 Å². The van der Waals surface area contributed by atoms with Gasteiger partial charge in [0.2, 0.25) is 11.9 Å². The number of hydrogen-bond donors (Lipinski definition) is 4. The van der Waals surface area contributed by atoms with Crippen molar-refractivity contribution in [3.63, 3.8) is 0 Å². The third-order valence-corrected chi connectivity index (χ3v) is 8.14. The average Bonchev–Trinajstić information content (AvgIpc) is 3.34. The van der Waals surface area contributed by atoms with Crippen LogP contribution in [0.2, 0.25) is 0 Å². The van der Waals surface area contributed by atoms with E-state index in [1.165, 1.54) is 0 Å². The number of benzene rings is 1. The zero-order valence-corrected chi connectivity index (χ0v) is 27.6. The number of nitrogens with two attached hydrogens (primary N) is 1. The van der Waals surface area contributed by atoms with E-state index in [0.717, 1.165) is 59.5 Å². The number of methoxy groups -OCH3 is 1. The maximum atomic E-state index is 11.9. The largest absolute Gasteiger partial charge is 0.496 e. The highest BCUT2D eigenvalue weighted by molar-refractivity contribution is 7.85. The number of nitrogens with one attached hydrogen (secondary N) is 2. The molecule has 12 nitrogen and oxygen atoms in total. The summed E-state index contributed by atoms with van der Waals surface area (Å²) in [6.45, 7) is 12.8. The Morgan fingerprint density at radius 3 is 2.55 bits per heavy atom. The van der Waals surface area contributed by atoms with Gasteiger partial charge in [-0.05, 0) is 24.1 Å². The van der Waals surface area contributed by atoms with E-state index in [9.17, 15) is 13.2 Å². The first-order valence-electron chi connectivity index (χ1n) is 15.0. The molecule has 1 aromatic carbocycles. The molecule has 2 heterocycles. The van der Waals surface area contributed by atoms with E-state index in [1.807, 2.05) is 32.2 Å². The Morgan fingerprint density at radius 2 is 1.86 bits per heavy atom. The highest BCUT2D eigenvalue weighted by atomic mass is 32.2. The quantitative estimate of drug-likeness (QED) is 0.116. The van der Waals surface area contributed by atoms with Gasteiger partial charge in [0, 0.05) is 42.1 Å². The van der Waals surface area contributed by atoms with Crippen LogP contribution in [0.3, 0.4) is 0 Å². The Morgan fingerprint density at radius 1 is 1.11 bits per heavy atom. The highest BCUT2D eigenvalue weighted by Crippen LogP contribution is 2.32. The number of fused-ring (bicyclic) bond motifs is 1. The zero-order valence-electron chi connectivity index (χ0n) is 26.8. The zero-order chi connectivity index (χ0) is 32.5. The van der Waals surface area contributed by atoms with Crippen LogP contribution in [0.25, 0.3) is 11.0 Å². The number of rotatable bonds is 18. The molecule has 0 radical (unpaired) electrons. The summed E-state index contributed by atoms with van der Waals surface area (Å²) in [6, 6.07) is 8.15. The number of carbonyl (C=O) groups is 1. The molecule has 1 amide bonds. The molecule has 0 unspecified atom stereocenters. The van der Waals surface area contributed by atoms with Gasteiger partial charge in [0.1, 0.15) is 11.3 Å². The Hall–Kier alpha value is -3.42. The van der Waals surface area contributed by atoms with Gasteiger partial charge in [0.15, 0.2) is 5.82 Å². The summed E-state index contributed by atoms with van der Waals surface area (Å²) in [4.78, 5) is 20.9. The number of carbonyl (C=O) groups excluding carboxylic acids is 1. The van der Waals surface area contributed by atoms with Crippen LogP contribution >= 0.6 is 0 Å². The summed E-state index contributed by atoms with van der Waals surface area (Å²) in [6.07, 6.45) is 5.02. The topological polar surface area (TPSA) is 171 Å². The summed E-state index contributed by atoms with van der Waals surface area (Å²) in [5.74, 6) is 0.688. The summed E-state index contributed by atoms with van der Waals surface area (Å²) < 4.78 is 44.6. The summed E-state index contributed by atoms with van der Waals surface area (Å²) >= 11 is 0. The molecular weight excluding hydrogens is 584 g/mol. The summed E-state index contributed by atoms with van der Waals surface area (Å²) in [5.41, 5.74) is 9.01. The third kappa shape index (κ3) is 10.3. The molecule has 0 saturated heterocycles. The number of unbranched alkanes of at least 4 members (excludes halogenated alkanes) is 2. The second-order valence-corrected chi connectivity index (χ2v) is 14.2. The van der Waals surface area contributed by atoms with Crippen molar-refractivity contribution in [2.45, 2.75) is 72.3 Å². The Kier molecular flexibility index (Phi) is 12.0. The first-order chi connectivity index (χ1) is 20.6. The molecular formula is C31H48N6O6S. The lowest BCUT2D eigenvalue weighted by molar-refractivity contribution is -0.121. The van der Waals surface area contributed by atoms with Crippen molar-refractivity contribution in [3.05, 3.63) is 41.6 Å². The molecule has 0 bridgehead atoms. The van der Waals surface area contributed by atoms with Crippen LogP contribution < -0.4 is 21.1 Å². The van der Waals surface area contributed by atoms with Gasteiger partial charge in [-0.25, -0.2) is 4.98 Å². The van der Waals surface area contributed by atoms with E-state index < -0.39 is 21.8 Å². The predicted molar refractivity (Wildman–Crippen MR) is 174 cm³/mol. The molecule has 2 aromatic heterocycles. The number of hydrogen-bond acceptors (Lipinski definition) is 9. The van der Waals surface area contributed by atoms with Crippen LogP contribution in [0, 0.1) is 5.41 Å². The molecule has 0 aliphatic carbocycles. The van der Waals surface area contributed by atoms with Crippen molar-refractivity contribution in [1.82, 2.24) is 19.9 Å². The minimum Gasteiger partial charge on any atom is -0.496 e. The van der Waals surface area contributed by atoms with E-state index in [2.05, 4.69) is 58.1 Å². The maximum absolute atomic E-state index is 11.9. The van der Waals surface area contributed by atoms with Crippen molar-refractivity contribution >= 4 is 38.8 Å².